The summed E-state index contributed by atoms with van der Waals surface area (Å²) in [6, 6.07) is 14.6. The minimum absolute atomic E-state index is 0.428. The fourth-order valence-corrected chi connectivity index (χ4v) is 1.71. The minimum Gasteiger partial charge on any atom is -0.384 e. The third-order valence-electron chi connectivity index (χ3n) is 2.40. The number of halogens is 2. The predicted octanol–water partition coefficient (Wildman–Crippen LogP) is 4.70. The van der Waals surface area contributed by atoms with Crippen LogP contribution in [0.5, 0.6) is 0 Å². The molecule has 0 aliphatic carbocycles. The van der Waals surface area contributed by atoms with Gasteiger partial charge in [0, 0.05) is 10.0 Å². The first-order valence-corrected chi connectivity index (χ1v) is 6.42. The molecule has 0 aliphatic heterocycles. The second kappa shape index (κ2) is 6.41. The highest BCUT2D eigenvalue weighted by molar-refractivity contribution is 6.30. The van der Waals surface area contributed by atoms with Crippen LogP contribution in [0.25, 0.3) is 6.08 Å². The summed E-state index contributed by atoms with van der Waals surface area (Å²) in [4.78, 5) is 4.26. The Bertz CT molecular complexity index is 599. The number of benzene rings is 2. The Kier molecular flexibility index (Phi) is 4.61. The molecule has 0 spiro atoms. The van der Waals surface area contributed by atoms with Crippen molar-refractivity contribution in [3.05, 3.63) is 70.2 Å². The number of hydrogen-bond acceptors (Lipinski definition) is 1. The van der Waals surface area contributed by atoms with Crippen molar-refractivity contribution in [2.45, 2.75) is 0 Å². The molecule has 0 radical (unpaired) electrons. The van der Waals surface area contributed by atoms with Crippen molar-refractivity contribution < 1.29 is 0 Å². The highest BCUT2D eigenvalue weighted by Gasteiger charge is 1.92. The predicted molar refractivity (Wildman–Crippen MR) is 83.2 cm³/mol. The summed E-state index contributed by atoms with van der Waals surface area (Å²) in [7, 11) is 0. The number of aliphatic imine (C=N–C) groups is 1. The van der Waals surface area contributed by atoms with E-state index >= 15 is 0 Å². The average molecular weight is 291 g/mol. The lowest BCUT2D eigenvalue weighted by Crippen LogP contribution is -2.06. The third-order valence-corrected chi connectivity index (χ3v) is 2.91. The van der Waals surface area contributed by atoms with Gasteiger partial charge in [0.05, 0.1) is 5.69 Å². The van der Waals surface area contributed by atoms with Crippen molar-refractivity contribution in [1.29, 1.82) is 0 Å². The number of nitrogens with two attached hydrogens (primary N) is 1. The Hall–Kier alpha value is -1.77. The Balaban J connectivity index is 2.09. The lowest BCUT2D eigenvalue weighted by atomic mass is 10.2. The molecule has 4 heteroatoms. The van der Waals surface area contributed by atoms with E-state index in [0.717, 1.165) is 11.3 Å². The molecule has 0 fully saturated rings. The number of amidine groups is 1. The van der Waals surface area contributed by atoms with Crippen LogP contribution in [0, 0.1) is 0 Å². The number of hydrogen-bond donors (Lipinski definition) is 1. The van der Waals surface area contributed by atoms with Gasteiger partial charge >= 0.3 is 0 Å². The van der Waals surface area contributed by atoms with E-state index in [-0.39, 0.29) is 0 Å². The molecule has 0 aromatic heterocycles. The van der Waals surface area contributed by atoms with E-state index in [2.05, 4.69) is 4.99 Å². The number of nitrogens with zero attached hydrogens (tertiary/aromatic N) is 1. The van der Waals surface area contributed by atoms with Gasteiger partial charge in [-0.3, -0.25) is 0 Å². The van der Waals surface area contributed by atoms with Gasteiger partial charge in [-0.1, -0.05) is 41.4 Å². The van der Waals surface area contributed by atoms with Gasteiger partial charge in [-0.25, -0.2) is 4.99 Å². The molecule has 0 amide bonds. The minimum atomic E-state index is 0.428. The third kappa shape index (κ3) is 4.43. The van der Waals surface area contributed by atoms with Gasteiger partial charge in [0.1, 0.15) is 5.84 Å². The summed E-state index contributed by atoms with van der Waals surface area (Å²) in [6.45, 7) is 0. The monoisotopic (exact) mass is 290 g/mol. The molecular weight excluding hydrogens is 279 g/mol. The van der Waals surface area contributed by atoms with Crippen LogP contribution in [0.1, 0.15) is 5.56 Å². The van der Waals surface area contributed by atoms with E-state index in [4.69, 9.17) is 28.9 Å². The maximum Gasteiger partial charge on any atom is 0.124 e. The fraction of sp³-hybridized carbons (Fsp3) is 0. The first kappa shape index (κ1) is 13.7. The molecule has 0 bridgehead atoms. The van der Waals surface area contributed by atoms with E-state index < -0.39 is 0 Å². The van der Waals surface area contributed by atoms with E-state index in [1.165, 1.54) is 0 Å². The second-order valence-corrected chi connectivity index (χ2v) is 4.77. The molecule has 0 heterocycles. The highest BCUT2D eigenvalue weighted by atomic mass is 35.5. The second-order valence-electron chi connectivity index (χ2n) is 3.90. The van der Waals surface area contributed by atoms with Crippen molar-refractivity contribution >= 4 is 40.8 Å². The summed E-state index contributed by atoms with van der Waals surface area (Å²) in [5.41, 5.74) is 7.60. The van der Waals surface area contributed by atoms with Gasteiger partial charge in [-0.15, -0.1) is 0 Å². The average Bonchev–Trinajstić information content (AvgIpc) is 2.41. The zero-order valence-electron chi connectivity index (χ0n) is 10.1. The highest BCUT2D eigenvalue weighted by Crippen LogP contribution is 2.16. The maximum atomic E-state index is 5.83. The molecule has 19 heavy (non-hydrogen) atoms. The Labute approximate surface area is 122 Å². The van der Waals surface area contributed by atoms with Crippen LogP contribution < -0.4 is 5.73 Å². The molecule has 2 N–H and O–H groups in total. The van der Waals surface area contributed by atoms with Crippen LogP contribution in [0.3, 0.4) is 0 Å². The van der Waals surface area contributed by atoms with E-state index in [0.29, 0.717) is 15.9 Å². The largest absolute Gasteiger partial charge is 0.384 e. The van der Waals surface area contributed by atoms with Gasteiger partial charge in [0.15, 0.2) is 0 Å². The summed E-state index contributed by atoms with van der Waals surface area (Å²) >= 11 is 11.6. The van der Waals surface area contributed by atoms with Crippen LogP contribution in [0.4, 0.5) is 5.69 Å². The first-order valence-electron chi connectivity index (χ1n) is 5.67. The Morgan fingerprint density at radius 3 is 2.00 bits per heavy atom. The normalized spacial score (nSPS) is 12.0. The van der Waals surface area contributed by atoms with Gasteiger partial charge in [-0.05, 0) is 48.0 Å². The molecule has 2 aromatic carbocycles. The zero-order chi connectivity index (χ0) is 13.7. The topological polar surface area (TPSA) is 38.4 Å². The van der Waals surface area contributed by atoms with Crippen LogP contribution in [0.2, 0.25) is 10.0 Å². The number of rotatable bonds is 3. The standard InChI is InChI=1S/C15H12Cl2N2/c16-12-4-1-11(2-5-12)3-10-15(18)19-14-8-6-13(17)7-9-14/h1-10H,(H2,18,19). The summed E-state index contributed by atoms with van der Waals surface area (Å²) in [5.74, 6) is 0.428. The van der Waals surface area contributed by atoms with Crippen LogP contribution >= 0.6 is 23.2 Å². The van der Waals surface area contributed by atoms with Crippen molar-refractivity contribution in [1.82, 2.24) is 0 Å². The zero-order valence-corrected chi connectivity index (χ0v) is 11.6. The smallest absolute Gasteiger partial charge is 0.124 e. The molecule has 2 aromatic rings. The molecule has 2 rings (SSSR count). The molecule has 0 saturated carbocycles. The van der Waals surface area contributed by atoms with Crippen molar-refractivity contribution in [2.24, 2.45) is 10.7 Å². The van der Waals surface area contributed by atoms with Crippen LogP contribution in [-0.2, 0) is 0 Å². The molecule has 2 nitrogen and oxygen atoms in total. The molecular formula is C15H12Cl2N2. The van der Waals surface area contributed by atoms with E-state index in [1.807, 2.05) is 42.5 Å². The molecule has 0 unspecified atom stereocenters. The molecule has 0 aliphatic rings. The fourth-order valence-electron chi connectivity index (χ4n) is 1.46. The Morgan fingerprint density at radius 1 is 0.895 bits per heavy atom. The SMILES string of the molecule is NC(C=Cc1ccc(Cl)cc1)=Nc1ccc(Cl)cc1. The van der Waals surface area contributed by atoms with Crippen LogP contribution in [0.15, 0.2) is 59.6 Å². The van der Waals surface area contributed by atoms with E-state index in [9.17, 15) is 0 Å². The summed E-state index contributed by atoms with van der Waals surface area (Å²) < 4.78 is 0. The van der Waals surface area contributed by atoms with Crippen molar-refractivity contribution in [3.8, 4) is 0 Å². The quantitative estimate of drug-likeness (QED) is 0.646. The summed E-state index contributed by atoms with van der Waals surface area (Å²) in [6.07, 6.45) is 3.63. The lowest BCUT2D eigenvalue weighted by molar-refractivity contribution is 1.48. The van der Waals surface area contributed by atoms with Crippen molar-refractivity contribution in [3.63, 3.8) is 0 Å². The van der Waals surface area contributed by atoms with Crippen LogP contribution in [-0.4, -0.2) is 5.84 Å². The van der Waals surface area contributed by atoms with E-state index in [1.54, 1.807) is 18.2 Å². The van der Waals surface area contributed by atoms with Gasteiger partial charge in [-0.2, -0.15) is 0 Å². The lowest BCUT2D eigenvalue weighted by Gasteiger charge is -1.96. The van der Waals surface area contributed by atoms with Gasteiger partial charge in [0.25, 0.3) is 0 Å². The molecule has 0 atom stereocenters. The van der Waals surface area contributed by atoms with Crippen molar-refractivity contribution in [2.75, 3.05) is 0 Å². The van der Waals surface area contributed by atoms with Gasteiger partial charge in [0.2, 0.25) is 0 Å². The molecule has 0 saturated heterocycles. The first-order chi connectivity index (χ1) is 9.13. The van der Waals surface area contributed by atoms with Gasteiger partial charge < -0.3 is 5.73 Å². The Morgan fingerprint density at radius 2 is 1.42 bits per heavy atom. The molecule has 96 valence electrons. The summed E-state index contributed by atoms with van der Waals surface area (Å²) in [5, 5.41) is 1.38. The maximum absolute atomic E-state index is 5.83.